The van der Waals surface area contributed by atoms with E-state index in [1.54, 1.807) is 30.3 Å². The first kappa shape index (κ1) is 21.3. The van der Waals surface area contributed by atoms with E-state index in [0.29, 0.717) is 22.1 Å². The molecule has 0 bridgehead atoms. The van der Waals surface area contributed by atoms with Crippen molar-refractivity contribution in [3.05, 3.63) is 66.0 Å². The number of halogens is 1. The molecule has 5 nitrogen and oxygen atoms in total. The minimum absolute atomic E-state index is 0.106. The van der Waals surface area contributed by atoms with E-state index in [2.05, 4.69) is 16.3 Å². The Kier molecular flexibility index (Phi) is 6.78. The molecule has 1 aliphatic carbocycles. The van der Waals surface area contributed by atoms with E-state index in [1.165, 1.54) is 24.2 Å². The maximum Gasteiger partial charge on any atom is 0.192 e. The zero-order valence-corrected chi connectivity index (χ0v) is 17.9. The number of aromatic nitrogens is 3. The van der Waals surface area contributed by atoms with E-state index in [0.717, 1.165) is 25.7 Å². The topological polar surface area (TPSA) is 71.6 Å². The van der Waals surface area contributed by atoms with Crippen LogP contribution in [0.4, 0.5) is 4.39 Å². The zero-order chi connectivity index (χ0) is 21.6. The van der Waals surface area contributed by atoms with Crippen molar-refractivity contribution in [2.24, 2.45) is 0 Å². The Morgan fingerprint density at radius 2 is 1.81 bits per heavy atom. The summed E-state index contributed by atoms with van der Waals surface area (Å²) in [6.45, 7) is 0. The number of ketones is 1. The zero-order valence-electron chi connectivity index (χ0n) is 17.1. The van der Waals surface area contributed by atoms with E-state index in [4.69, 9.17) is 0 Å². The Morgan fingerprint density at radius 1 is 1.10 bits per heavy atom. The van der Waals surface area contributed by atoms with Crippen molar-refractivity contribution >= 4 is 17.5 Å². The van der Waals surface area contributed by atoms with Crippen LogP contribution >= 0.6 is 11.8 Å². The van der Waals surface area contributed by atoms with Gasteiger partial charge in [-0.1, -0.05) is 73.5 Å². The predicted octanol–water partition coefficient (Wildman–Crippen LogP) is 5.56. The third kappa shape index (κ3) is 4.70. The van der Waals surface area contributed by atoms with Gasteiger partial charge in [0.25, 0.3) is 0 Å². The van der Waals surface area contributed by atoms with Gasteiger partial charge in [0, 0.05) is 6.04 Å². The van der Waals surface area contributed by atoms with E-state index in [-0.39, 0.29) is 23.4 Å². The highest BCUT2D eigenvalue weighted by Gasteiger charge is 2.27. The van der Waals surface area contributed by atoms with Crippen molar-refractivity contribution in [2.45, 2.75) is 49.2 Å². The summed E-state index contributed by atoms with van der Waals surface area (Å²) in [6.07, 6.45) is 5.35. The number of hydrogen-bond donors (Lipinski definition) is 0. The Morgan fingerprint density at radius 3 is 2.52 bits per heavy atom. The van der Waals surface area contributed by atoms with Gasteiger partial charge in [-0.15, -0.1) is 10.2 Å². The SMILES string of the molecule is N#C[C@H](C(=O)CSc1nnc(-c2ccccc2F)n1C1CCCCC1)c1ccccc1. The molecule has 1 aromatic heterocycles. The molecule has 0 N–H and O–H groups in total. The molecule has 7 heteroatoms. The van der Waals surface area contributed by atoms with Crippen molar-refractivity contribution in [3.63, 3.8) is 0 Å². The summed E-state index contributed by atoms with van der Waals surface area (Å²) in [4.78, 5) is 12.8. The molecule has 1 heterocycles. The molecule has 4 rings (SSSR count). The lowest BCUT2D eigenvalue weighted by atomic mass is 9.95. The molecule has 3 aromatic rings. The summed E-state index contributed by atoms with van der Waals surface area (Å²) in [7, 11) is 0. The molecule has 1 aliphatic rings. The van der Waals surface area contributed by atoms with Crippen LogP contribution in [0.5, 0.6) is 0 Å². The van der Waals surface area contributed by atoms with Gasteiger partial charge < -0.3 is 0 Å². The summed E-state index contributed by atoms with van der Waals surface area (Å²) in [6, 6.07) is 17.9. The van der Waals surface area contributed by atoms with Gasteiger partial charge in [0.2, 0.25) is 0 Å². The van der Waals surface area contributed by atoms with Crippen molar-refractivity contribution in [1.82, 2.24) is 14.8 Å². The third-order valence-corrected chi connectivity index (χ3v) is 6.61. The largest absolute Gasteiger partial charge is 0.299 e. The van der Waals surface area contributed by atoms with Crippen molar-refractivity contribution in [3.8, 4) is 17.5 Å². The third-order valence-electron chi connectivity index (χ3n) is 5.65. The lowest BCUT2D eigenvalue weighted by molar-refractivity contribution is -0.116. The first-order valence-corrected chi connectivity index (χ1v) is 11.5. The lowest BCUT2D eigenvalue weighted by Crippen LogP contribution is -2.17. The first-order valence-electron chi connectivity index (χ1n) is 10.5. The Balaban J connectivity index is 1.60. The molecule has 0 radical (unpaired) electrons. The van der Waals surface area contributed by atoms with Gasteiger partial charge in [-0.05, 0) is 30.5 Å². The molecular weight excluding hydrogens is 411 g/mol. The van der Waals surface area contributed by atoms with E-state index < -0.39 is 5.92 Å². The summed E-state index contributed by atoms with van der Waals surface area (Å²) in [5.74, 6) is -0.724. The number of carbonyl (C=O) groups is 1. The number of Topliss-reactive ketones (excluding diaryl/α,β-unsaturated/α-hetero) is 1. The average Bonchev–Trinajstić information content (AvgIpc) is 3.23. The quantitative estimate of drug-likeness (QED) is 0.455. The summed E-state index contributed by atoms with van der Waals surface area (Å²) in [5.41, 5.74) is 1.11. The van der Waals surface area contributed by atoms with E-state index >= 15 is 0 Å². The fraction of sp³-hybridized carbons (Fsp3) is 0.333. The van der Waals surface area contributed by atoms with Crippen LogP contribution in [0, 0.1) is 17.1 Å². The highest BCUT2D eigenvalue weighted by Crippen LogP contribution is 2.36. The van der Waals surface area contributed by atoms with Gasteiger partial charge >= 0.3 is 0 Å². The Bertz CT molecular complexity index is 1090. The van der Waals surface area contributed by atoms with Gasteiger partial charge in [-0.3, -0.25) is 9.36 Å². The van der Waals surface area contributed by atoms with Crippen LogP contribution in [-0.2, 0) is 4.79 Å². The standard InChI is InChI=1S/C24H23FN4OS/c25-21-14-8-7-13-19(21)23-27-28-24(29(23)18-11-5-2-6-12-18)31-16-22(30)20(15-26)17-9-3-1-4-10-17/h1,3-4,7-10,13-14,18,20H,2,5-6,11-12,16H2/t20-/m0/s1. The fourth-order valence-electron chi connectivity index (χ4n) is 4.07. The average molecular weight is 435 g/mol. The number of carbonyl (C=O) groups excluding carboxylic acids is 1. The van der Waals surface area contributed by atoms with Crippen LogP contribution in [0.2, 0.25) is 0 Å². The van der Waals surface area contributed by atoms with Crippen LogP contribution in [0.15, 0.2) is 59.8 Å². The normalized spacial score (nSPS) is 15.4. The minimum atomic E-state index is -0.814. The van der Waals surface area contributed by atoms with Crippen molar-refractivity contribution in [2.75, 3.05) is 5.75 Å². The second kappa shape index (κ2) is 9.88. The maximum atomic E-state index is 14.5. The second-order valence-electron chi connectivity index (χ2n) is 7.68. The number of rotatable bonds is 7. The number of hydrogen-bond acceptors (Lipinski definition) is 5. The van der Waals surface area contributed by atoms with Gasteiger partial charge in [0.05, 0.1) is 17.4 Å². The lowest BCUT2D eigenvalue weighted by Gasteiger charge is -2.25. The molecule has 0 saturated heterocycles. The first-order chi connectivity index (χ1) is 15.2. The van der Waals surface area contributed by atoms with Crippen molar-refractivity contribution < 1.29 is 9.18 Å². The maximum absolute atomic E-state index is 14.5. The number of benzene rings is 2. The van der Waals surface area contributed by atoms with E-state index in [1.807, 2.05) is 22.8 Å². The van der Waals surface area contributed by atoms with Gasteiger partial charge in [0.15, 0.2) is 16.8 Å². The predicted molar refractivity (Wildman–Crippen MR) is 118 cm³/mol. The smallest absolute Gasteiger partial charge is 0.192 e. The van der Waals surface area contributed by atoms with Gasteiger partial charge in [0.1, 0.15) is 11.7 Å². The number of nitrogens with zero attached hydrogens (tertiary/aromatic N) is 4. The molecule has 2 aromatic carbocycles. The monoisotopic (exact) mass is 434 g/mol. The molecule has 1 saturated carbocycles. The van der Waals surface area contributed by atoms with Crippen LogP contribution in [0.25, 0.3) is 11.4 Å². The molecule has 158 valence electrons. The van der Waals surface area contributed by atoms with Crippen LogP contribution in [-0.4, -0.2) is 26.3 Å². The van der Waals surface area contributed by atoms with Crippen LogP contribution in [0.1, 0.15) is 49.6 Å². The van der Waals surface area contributed by atoms with Gasteiger partial charge in [-0.25, -0.2) is 4.39 Å². The molecule has 0 aliphatic heterocycles. The van der Waals surface area contributed by atoms with Crippen LogP contribution in [0.3, 0.4) is 0 Å². The molecular formula is C24H23FN4OS. The number of thioether (sulfide) groups is 1. The summed E-state index contributed by atoms with van der Waals surface area (Å²) >= 11 is 1.27. The van der Waals surface area contributed by atoms with E-state index in [9.17, 15) is 14.4 Å². The van der Waals surface area contributed by atoms with Crippen LogP contribution < -0.4 is 0 Å². The molecule has 1 fully saturated rings. The highest BCUT2D eigenvalue weighted by molar-refractivity contribution is 7.99. The Labute approximate surface area is 185 Å². The highest BCUT2D eigenvalue weighted by atomic mass is 32.2. The summed E-state index contributed by atoms with van der Waals surface area (Å²) < 4.78 is 16.5. The van der Waals surface area contributed by atoms with Crippen molar-refractivity contribution in [1.29, 1.82) is 5.26 Å². The molecule has 0 unspecified atom stereocenters. The fourth-order valence-corrected chi connectivity index (χ4v) is 4.98. The molecule has 0 spiro atoms. The number of nitriles is 1. The molecule has 0 amide bonds. The van der Waals surface area contributed by atoms with Gasteiger partial charge in [-0.2, -0.15) is 5.26 Å². The minimum Gasteiger partial charge on any atom is -0.299 e. The molecule has 1 atom stereocenters. The summed E-state index contributed by atoms with van der Waals surface area (Å²) in [5, 5.41) is 18.7. The Hall–Kier alpha value is -2.98. The molecule has 31 heavy (non-hydrogen) atoms. The second-order valence-corrected chi connectivity index (χ2v) is 8.62.